The molecule has 0 atom stereocenters. The molecule has 1 aromatic carbocycles. The van der Waals surface area contributed by atoms with Gasteiger partial charge in [0.1, 0.15) is 5.82 Å². The van der Waals surface area contributed by atoms with Crippen LogP contribution in [0, 0.1) is 15.9 Å². The summed E-state index contributed by atoms with van der Waals surface area (Å²) >= 11 is 3.04. The number of carbonyl (C=O) groups excluding carboxylic acids is 1. The molecule has 0 radical (unpaired) electrons. The van der Waals surface area contributed by atoms with Crippen LogP contribution in [-0.2, 0) is 6.54 Å². The van der Waals surface area contributed by atoms with E-state index in [1.807, 2.05) is 0 Å². The standard InChI is InChI=1S/C13H8BrFN2O4/c14-9-5-11(17(20)21)13(19)16(6-9)7-12(18)8-2-1-3-10(15)4-8/h1-6H,7H2. The summed E-state index contributed by atoms with van der Waals surface area (Å²) in [4.78, 5) is 33.8. The van der Waals surface area contributed by atoms with Crippen LogP contribution < -0.4 is 5.56 Å². The molecule has 0 unspecified atom stereocenters. The smallest absolute Gasteiger partial charge is 0.301 e. The second-order valence-corrected chi connectivity index (χ2v) is 5.08. The van der Waals surface area contributed by atoms with Crippen molar-refractivity contribution in [1.29, 1.82) is 0 Å². The quantitative estimate of drug-likeness (QED) is 0.479. The van der Waals surface area contributed by atoms with Crippen molar-refractivity contribution in [3.05, 3.63) is 72.9 Å². The summed E-state index contributed by atoms with van der Waals surface area (Å²) in [6.07, 6.45) is 1.27. The molecule has 108 valence electrons. The highest BCUT2D eigenvalue weighted by molar-refractivity contribution is 9.10. The summed E-state index contributed by atoms with van der Waals surface area (Å²) in [6, 6.07) is 6.07. The highest BCUT2D eigenvalue weighted by Gasteiger charge is 2.18. The number of nitro groups is 1. The molecule has 8 heteroatoms. The fourth-order valence-electron chi connectivity index (χ4n) is 1.74. The van der Waals surface area contributed by atoms with Gasteiger partial charge < -0.3 is 4.57 Å². The van der Waals surface area contributed by atoms with Crippen molar-refractivity contribution >= 4 is 27.4 Å². The Morgan fingerprint density at radius 2 is 2.10 bits per heavy atom. The molecule has 0 fully saturated rings. The average molecular weight is 355 g/mol. The Morgan fingerprint density at radius 1 is 1.38 bits per heavy atom. The Labute approximate surface area is 126 Å². The SMILES string of the molecule is O=C(Cn1cc(Br)cc([N+](=O)[O-])c1=O)c1cccc(F)c1. The Hall–Kier alpha value is -2.35. The van der Waals surface area contributed by atoms with Gasteiger partial charge in [-0.3, -0.25) is 19.7 Å². The van der Waals surface area contributed by atoms with Crippen molar-refractivity contribution in [1.82, 2.24) is 4.57 Å². The molecule has 0 aliphatic heterocycles. The van der Waals surface area contributed by atoms with Gasteiger partial charge in [0.2, 0.25) is 0 Å². The van der Waals surface area contributed by atoms with E-state index in [4.69, 9.17) is 0 Å². The van der Waals surface area contributed by atoms with Gasteiger partial charge in [-0.15, -0.1) is 0 Å². The van der Waals surface area contributed by atoms with Crippen LogP contribution in [0.1, 0.15) is 10.4 Å². The first-order chi connectivity index (χ1) is 9.88. The summed E-state index contributed by atoms with van der Waals surface area (Å²) in [5, 5.41) is 10.8. The first-order valence-corrected chi connectivity index (χ1v) is 6.51. The second kappa shape index (κ2) is 5.96. The molecule has 0 aliphatic carbocycles. The van der Waals surface area contributed by atoms with E-state index in [9.17, 15) is 24.1 Å². The van der Waals surface area contributed by atoms with E-state index in [1.54, 1.807) is 0 Å². The minimum atomic E-state index is -0.895. The third-order valence-electron chi connectivity index (χ3n) is 2.69. The lowest BCUT2D eigenvalue weighted by Gasteiger charge is -2.06. The van der Waals surface area contributed by atoms with Gasteiger partial charge in [0.05, 0.1) is 11.5 Å². The molecule has 0 N–H and O–H groups in total. The number of Topliss-reactive ketones (excluding diaryl/α,β-unsaturated/α-hetero) is 1. The van der Waals surface area contributed by atoms with Crippen LogP contribution >= 0.6 is 15.9 Å². The maximum Gasteiger partial charge on any atom is 0.335 e. The highest BCUT2D eigenvalue weighted by atomic mass is 79.9. The van der Waals surface area contributed by atoms with Crippen LogP contribution in [0.3, 0.4) is 0 Å². The van der Waals surface area contributed by atoms with Crippen molar-refractivity contribution in [3.63, 3.8) is 0 Å². The number of pyridine rings is 1. The zero-order valence-corrected chi connectivity index (χ0v) is 12.0. The number of benzene rings is 1. The molecule has 1 heterocycles. The molecule has 2 rings (SSSR count). The van der Waals surface area contributed by atoms with E-state index < -0.39 is 34.3 Å². The maximum absolute atomic E-state index is 13.1. The van der Waals surface area contributed by atoms with E-state index in [1.165, 1.54) is 24.4 Å². The van der Waals surface area contributed by atoms with Gasteiger partial charge in [-0.1, -0.05) is 12.1 Å². The van der Waals surface area contributed by atoms with Crippen LogP contribution in [-0.4, -0.2) is 15.3 Å². The molecule has 6 nitrogen and oxygen atoms in total. The van der Waals surface area contributed by atoms with Crippen molar-refractivity contribution in [2.24, 2.45) is 0 Å². The van der Waals surface area contributed by atoms with Crippen molar-refractivity contribution < 1.29 is 14.1 Å². The Morgan fingerprint density at radius 3 is 2.71 bits per heavy atom. The fraction of sp³-hybridized carbons (Fsp3) is 0.0769. The monoisotopic (exact) mass is 354 g/mol. The zero-order chi connectivity index (χ0) is 15.6. The zero-order valence-electron chi connectivity index (χ0n) is 10.5. The molecule has 0 saturated heterocycles. The predicted octanol–water partition coefficient (Wildman–Crippen LogP) is 2.54. The largest absolute Gasteiger partial charge is 0.335 e. The first-order valence-electron chi connectivity index (χ1n) is 5.71. The number of ketones is 1. The summed E-state index contributed by atoms with van der Waals surface area (Å²) in [6.45, 7) is -0.414. The third-order valence-corrected chi connectivity index (χ3v) is 3.12. The topological polar surface area (TPSA) is 82.2 Å². The lowest BCUT2D eigenvalue weighted by molar-refractivity contribution is -0.386. The Bertz CT molecular complexity index is 788. The molecule has 21 heavy (non-hydrogen) atoms. The van der Waals surface area contributed by atoms with Gasteiger partial charge in [-0.05, 0) is 28.1 Å². The molecular formula is C13H8BrFN2O4. The van der Waals surface area contributed by atoms with Gasteiger partial charge in [-0.25, -0.2) is 4.39 Å². The van der Waals surface area contributed by atoms with Crippen molar-refractivity contribution in [2.75, 3.05) is 0 Å². The lowest BCUT2D eigenvalue weighted by Crippen LogP contribution is -2.25. The number of hydrogen-bond donors (Lipinski definition) is 0. The molecule has 0 amide bonds. The molecule has 0 spiro atoms. The fourth-order valence-corrected chi connectivity index (χ4v) is 2.20. The molecule has 1 aromatic heterocycles. The van der Waals surface area contributed by atoms with E-state index in [0.29, 0.717) is 4.47 Å². The molecular weight excluding hydrogens is 347 g/mol. The van der Waals surface area contributed by atoms with Crippen LogP contribution in [0.4, 0.5) is 10.1 Å². The minimum Gasteiger partial charge on any atom is -0.301 e. The van der Waals surface area contributed by atoms with Crippen molar-refractivity contribution in [2.45, 2.75) is 6.54 Å². The predicted molar refractivity (Wildman–Crippen MR) is 75.8 cm³/mol. The number of halogens is 2. The van der Waals surface area contributed by atoms with Crippen LogP contribution in [0.2, 0.25) is 0 Å². The van der Waals surface area contributed by atoms with E-state index in [-0.39, 0.29) is 5.56 Å². The van der Waals surface area contributed by atoms with Crippen LogP contribution in [0.5, 0.6) is 0 Å². The molecule has 0 bridgehead atoms. The second-order valence-electron chi connectivity index (χ2n) is 4.17. The number of carbonyl (C=O) groups is 1. The van der Waals surface area contributed by atoms with Gasteiger partial charge in [0.25, 0.3) is 0 Å². The maximum atomic E-state index is 13.1. The van der Waals surface area contributed by atoms with E-state index >= 15 is 0 Å². The molecule has 2 aromatic rings. The number of nitrogens with zero attached hydrogens (tertiary/aromatic N) is 2. The Kier molecular flexibility index (Phi) is 4.27. The van der Waals surface area contributed by atoms with Crippen molar-refractivity contribution in [3.8, 4) is 0 Å². The lowest BCUT2D eigenvalue weighted by atomic mass is 10.1. The molecule has 0 saturated carbocycles. The third kappa shape index (κ3) is 3.40. The highest BCUT2D eigenvalue weighted by Crippen LogP contribution is 2.14. The minimum absolute atomic E-state index is 0.0875. The number of hydrogen-bond acceptors (Lipinski definition) is 4. The summed E-state index contributed by atoms with van der Waals surface area (Å²) in [5.74, 6) is -1.10. The van der Waals surface area contributed by atoms with Crippen LogP contribution in [0.25, 0.3) is 0 Å². The Balaban J connectivity index is 2.38. The molecule has 0 aliphatic rings. The average Bonchev–Trinajstić information content (AvgIpc) is 2.42. The normalized spacial score (nSPS) is 10.4. The summed E-state index contributed by atoms with van der Waals surface area (Å²) in [5.41, 5.74) is -1.45. The van der Waals surface area contributed by atoms with Crippen LogP contribution in [0.15, 0.2) is 45.8 Å². The van der Waals surface area contributed by atoms with Gasteiger partial charge >= 0.3 is 11.2 Å². The summed E-state index contributed by atoms with van der Waals surface area (Å²) < 4.78 is 14.3. The van der Waals surface area contributed by atoms with E-state index in [2.05, 4.69) is 15.9 Å². The first kappa shape index (κ1) is 15.0. The summed E-state index contributed by atoms with van der Waals surface area (Å²) in [7, 11) is 0. The number of rotatable bonds is 4. The van der Waals surface area contributed by atoms with Gasteiger partial charge in [-0.2, -0.15) is 0 Å². The number of aromatic nitrogens is 1. The van der Waals surface area contributed by atoms with Gasteiger partial charge in [0.15, 0.2) is 5.78 Å². The van der Waals surface area contributed by atoms with Gasteiger partial charge in [0, 0.05) is 22.3 Å². The van der Waals surface area contributed by atoms with E-state index in [0.717, 1.165) is 16.7 Å².